The minimum Gasteiger partial charge on any atom is -0.385 e. The summed E-state index contributed by atoms with van der Waals surface area (Å²) in [4.78, 5) is 1.27. The van der Waals surface area contributed by atoms with E-state index in [0.29, 0.717) is 0 Å². The number of hydrogen-bond acceptors (Lipinski definition) is 2. The molecule has 70 valence electrons. The van der Waals surface area contributed by atoms with E-state index in [2.05, 4.69) is 17.5 Å². The van der Waals surface area contributed by atoms with Crippen molar-refractivity contribution in [3.05, 3.63) is 34.5 Å². The molecule has 0 spiro atoms. The van der Waals surface area contributed by atoms with Crippen LogP contribution in [0.2, 0.25) is 0 Å². The van der Waals surface area contributed by atoms with Crippen LogP contribution >= 0.6 is 11.3 Å². The maximum absolute atomic E-state index is 10.2. The Hall–Kier alpha value is -0.600. The van der Waals surface area contributed by atoms with Crippen LogP contribution in [0.15, 0.2) is 29.7 Å². The SMILES string of the molecule is OC1(Cc2cccs2)C=CCCC1. The highest BCUT2D eigenvalue weighted by atomic mass is 32.1. The van der Waals surface area contributed by atoms with Gasteiger partial charge in [0.15, 0.2) is 0 Å². The lowest BCUT2D eigenvalue weighted by atomic mass is 9.88. The molecule has 1 nitrogen and oxygen atoms in total. The van der Waals surface area contributed by atoms with Gasteiger partial charge in [0.05, 0.1) is 5.60 Å². The van der Waals surface area contributed by atoms with E-state index in [1.807, 2.05) is 12.1 Å². The van der Waals surface area contributed by atoms with Crippen molar-refractivity contribution in [3.63, 3.8) is 0 Å². The molecule has 0 amide bonds. The summed E-state index contributed by atoms with van der Waals surface area (Å²) in [6, 6.07) is 4.13. The lowest BCUT2D eigenvalue weighted by Crippen LogP contribution is -2.29. The number of aliphatic hydroxyl groups is 1. The van der Waals surface area contributed by atoms with Crippen LogP contribution in [0.3, 0.4) is 0 Å². The molecule has 2 heteroatoms. The van der Waals surface area contributed by atoms with Crippen LogP contribution < -0.4 is 0 Å². The molecule has 1 heterocycles. The summed E-state index contributed by atoms with van der Waals surface area (Å²) in [7, 11) is 0. The lowest BCUT2D eigenvalue weighted by Gasteiger charge is -2.26. The standard InChI is InChI=1S/C11H14OS/c12-11(6-2-1-3-7-11)9-10-5-4-8-13-10/h2,4-6,8,12H,1,3,7,9H2. The molecule has 0 fully saturated rings. The summed E-state index contributed by atoms with van der Waals surface area (Å²) in [5, 5.41) is 12.2. The van der Waals surface area contributed by atoms with Gasteiger partial charge in [0.2, 0.25) is 0 Å². The Morgan fingerprint density at radius 3 is 3.08 bits per heavy atom. The van der Waals surface area contributed by atoms with Crippen LogP contribution in [0.1, 0.15) is 24.1 Å². The summed E-state index contributed by atoms with van der Waals surface area (Å²) in [6.07, 6.45) is 7.97. The number of hydrogen-bond donors (Lipinski definition) is 1. The quantitative estimate of drug-likeness (QED) is 0.718. The van der Waals surface area contributed by atoms with Crippen molar-refractivity contribution in [2.24, 2.45) is 0 Å². The molecule has 1 N–H and O–H groups in total. The molecule has 0 bridgehead atoms. The Balaban J connectivity index is 2.08. The van der Waals surface area contributed by atoms with Crippen molar-refractivity contribution in [1.29, 1.82) is 0 Å². The summed E-state index contributed by atoms with van der Waals surface area (Å²) < 4.78 is 0. The summed E-state index contributed by atoms with van der Waals surface area (Å²) in [5.74, 6) is 0. The van der Waals surface area contributed by atoms with Crippen molar-refractivity contribution in [1.82, 2.24) is 0 Å². The Labute approximate surface area is 82.7 Å². The lowest BCUT2D eigenvalue weighted by molar-refractivity contribution is 0.0759. The minimum absolute atomic E-state index is 0.566. The molecular formula is C11H14OS. The first-order valence-electron chi connectivity index (χ1n) is 4.71. The van der Waals surface area contributed by atoms with E-state index in [1.54, 1.807) is 11.3 Å². The van der Waals surface area contributed by atoms with E-state index in [0.717, 1.165) is 25.7 Å². The van der Waals surface area contributed by atoms with Gasteiger partial charge in [0.25, 0.3) is 0 Å². The van der Waals surface area contributed by atoms with Gasteiger partial charge in [0, 0.05) is 11.3 Å². The molecule has 1 unspecified atom stereocenters. The number of allylic oxidation sites excluding steroid dienone is 1. The Kier molecular flexibility index (Phi) is 2.51. The molecule has 0 aliphatic heterocycles. The number of rotatable bonds is 2. The molecule has 1 aromatic rings. The van der Waals surface area contributed by atoms with Gasteiger partial charge in [-0.3, -0.25) is 0 Å². The predicted octanol–water partition coefficient (Wildman–Crippen LogP) is 2.76. The maximum Gasteiger partial charge on any atom is 0.0875 e. The minimum atomic E-state index is -0.566. The molecule has 0 saturated heterocycles. The second-order valence-electron chi connectivity index (χ2n) is 3.65. The highest BCUT2D eigenvalue weighted by molar-refractivity contribution is 7.09. The first-order chi connectivity index (χ1) is 6.29. The highest BCUT2D eigenvalue weighted by Crippen LogP contribution is 2.27. The van der Waals surface area contributed by atoms with Crippen LogP contribution in [0, 0.1) is 0 Å². The zero-order chi connectivity index (χ0) is 9.15. The predicted molar refractivity (Wildman–Crippen MR) is 56.0 cm³/mol. The number of thiophene rings is 1. The molecule has 0 aromatic carbocycles. The molecular weight excluding hydrogens is 180 g/mol. The van der Waals surface area contributed by atoms with Gasteiger partial charge in [-0.1, -0.05) is 18.2 Å². The molecule has 0 saturated carbocycles. The fourth-order valence-electron chi connectivity index (χ4n) is 1.77. The maximum atomic E-state index is 10.2. The van der Waals surface area contributed by atoms with Crippen LogP contribution in [0.25, 0.3) is 0 Å². The smallest absolute Gasteiger partial charge is 0.0875 e. The average molecular weight is 194 g/mol. The fourth-order valence-corrected chi connectivity index (χ4v) is 2.60. The van der Waals surface area contributed by atoms with Crippen molar-refractivity contribution >= 4 is 11.3 Å². The third kappa shape index (κ3) is 2.20. The van der Waals surface area contributed by atoms with Crippen molar-refractivity contribution in [2.75, 3.05) is 0 Å². The Morgan fingerprint density at radius 1 is 1.54 bits per heavy atom. The third-order valence-corrected chi connectivity index (χ3v) is 3.35. The molecule has 1 aliphatic rings. The molecule has 0 radical (unpaired) electrons. The first kappa shape index (κ1) is 8.97. The van der Waals surface area contributed by atoms with Gasteiger partial charge >= 0.3 is 0 Å². The largest absolute Gasteiger partial charge is 0.385 e. The Morgan fingerprint density at radius 2 is 2.46 bits per heavy atom. The molecule has 2 rings (SSSR count). The third-order valence-electron chi connectivity index (χ3n) is 2.47. The van der Waals surface area contributed by atoms with E-state index in [4.69, 9.17) is 0 Å². The average Bonchev–Trinajstić information content (AvgIpc) is 2.57. The van der Waals surface area contributed by atoms with E-state index in [-0.39, 0.29) is 0 Å². The van der Waals surface area contributed by atoms with Gasteiger partial charge in [-0.15, -0.1) is 11.3 Å². The molecule has 13 heavy (non-hydrogen) atoms. The molecule has 1 aromatic heterocycles. The zero-order valence-electron chi connectivity index (χ0n) is 7.57. The molecule has 1 aliphatic carbocycles. The van der Waals surface area contributed by atoms with Crippen LogP contribution in [-0.4, -0.2) is 10.7 Å². The van der Waals surface area contributed by atoms with E-state index < -0.39 is 5.60 Å². The monoisotopic (exact) mass is 194 g/mol. The van der Waals surface area contributed by atoms with Gasteiger partial charge in [-0.25, -0.2) is 0 Å². The van der Waals surface area contributed by atoms with Crippen LogP contribution in [0.5, 0.6) is 0 Å². The second-order valence-corrected chi connectivity index (χ2v) is 4.69. The van der Waals surface area contributed by atoms with E-state index >= 15 is 0 Å². The normalized spacial score (nSPS) is 27.8. The summed E-state index contributed by atoms with van der Waals surface area (Å²) in [5.41, 5.74) is -0.566. The van der Waals surface area contributed by atoms with Gasteiger partial charge in [-0.2, -0.15) is 0 Å². The van der Waals surface area contributed by atoms with Crippen LogP contribution in [-0.2, 0) is 6.42 Å². The van der Waals surface area contributed by atoms with E-state index in [9.17, 15) is 5.11 Å². The van der Waals surface area contributed by atoms with Crippen molar-refractivity contribution in [2.45, 2.75) is 31.3 Å². The van der Waals surface area contributed by atoms with E-state index in [1.165, 1.54) is 4.88 Å². The summed E-state index contributed by atoms with van der Waals surface area (Å²) in [6.45, 7) is 0. The highest BCUT2D eigenvalue weighted by Gasteiger charge is 2.25. The van der Waals surface area contributed by atoms with Crippen LogP contribution in [0.4, 0.5) is 0 Å². The van der Waals surface area contributed by atoms with Gasteiger partial charge in [-0.05, 0) is 30.7 Å². The summed E-state index contributed by atoms with van der Waals surface area (Å²) >= 11 is 1.72. The fraction of sp³-hybridized carbons (Fsp3) is 0.455. The topological polar surface area (TPSA) is 20.2 Å². The zero-order valence-corrected chi connectivity index (χ0v) is 8.39. The Bertz CT molecular complexity index is 289. The van der Waals surface area contributed by atoms with Crippen molar-refractivity contribution in [3.8, 4) is 0 Å². The first-order valence-corrected chi connectivity index (χ1v) is 5.59. The van der Waals surface area contributed by atoms with Gasteiger partial charge < -0.3 is 5.11 Å². The van der Waals surface area contributed by atoms with Crippen molar-refractivity contribution < 1.29 is 5.11 Å². The van der Waals surface area contributed by atoms with Gasteiger partial charge in [0.1, 0.15) is 0 Å². The second kappa shape index (κ2) is 3.64. The molecule has 1 atom stereocenters.